The monoisotopic (exact) mass is 305 g/mol. The maximum absolute atomic E-state index is 10.8. The summed E-state index contributed by atoms with van der Waals surface area (Å²) in [6.07, 6.45) is 1.88. The number of aryl methyl sites for hydroxylation is 1. The van der Waals surface area contributed by atoms with E-state index in [9.17, 15) is 10.1 Å². The van der Waals surface area contributed by atoms with Gasteiger partial charge in [0.05, 0.1) is 11.5 Å². The minimum Gasteiger partial charge on any atom is -0.377 e. The second-order valence-electron chi connectivity index (χ2n) is 4.68. The van der Waals surface area contributed by atoms with Gasteiger partial charge < -0.3 is 4.74 Å². The van der Waals surface area contributed by atoms with Gasteiger partial charge in [-0.1, -0.05) is 48.0 Å². The Morgan fingerprint density at radius 1 is 1.10 bits per heavy atom. The van der Waals surface area contributed by atoms with Crippen LogP contribution in [0.2, 0.25) is 5.02 Å². The largest absolute Gasteiger partial charge is 0.377 e. The van der Waals surface area contributed by atoms with Crippen LogP contribution < -0.4 is 0 Å². The van der Waals surface area contributed by atoms with Crippen molar-refractivity contribution in [2.45, 2.75) is 19.4 Å². The van der Waals surface area contributed by atoms with Crippen LogP contribution in [0, 0.1) is 10.1 Å². The van der Waals surface area contributed by atoms with Crippen molar-refractivity contribution in [2.24, 2.45) is 0 Å². The molecule has 0 N–H and O–H groups in total. The molecule has 0 saturated heterocycles. The van der Waals surface area contributed by atoms with E-state index in [4.69, 9.17) is 16.3 Å². The van der Waals surface area contributed by atoms with Crippen LogP contribution in [0.15, 0.2) is 48.5 Å². The van der Waals surface area contributed by atoms with Crippen molar-refractivity contribution in [1.29, 1.82) is 0 Å². The van der Waals surface area contributed by atoms with E-state index >= 15 is 0 Å². The highest BCUT2D eigenvalue weighted by Crippen LogP contribution is 2.25. The molecule has 0 unspecified atom stereocenters. The predicted molar refractivity (Wildman–Crippen MR) is 82.5 cm³/mol. The van der Waals surface area contributed by atoms with Crippen LogP contribution in [-0.4, -0.2) is 11.5 Å². The molecular formula is C16H16ClNO3. The molecule has 0 aliphatic rings. The first kappa shape index (κ1) is 15.5. The van der Waals surface area contributed by atoms with Crippen LogP contribution in [0.25, 0.3) is 0 Å². The molecule has 21 heavy (non-hydrogen) atoms. The third-order valence-corrected chi connectivity index (χ3v) is 3.39. The number of nitrogens with zero attached hydrogens (tertiary/aromatic N) is 1. The zero-order valence-corrected chi connectivity index (χ0v) is 12.3. The van der Waals surface area contributed by atoms with Gasteiger partial charge in [-0.05, 0) is 30.0 Å². The molecule has 0 atom stereocenters. The quantitative estimate of drug-likeness (QED) is 0.433. The molecule has 2 aromatic rings. The first-order valence-electron chi connectivity index (χ1n) is 6.71. The lowest BCUT2D eigenvalue weighted by atomic mass is 10.1. The van der Waals surface area contributed by atoms with E-state index in [-0.39, 0.29) is 10.7 Å². The van der Waals surface area contributed by atoms with Crippen LogP contribution in [0.4, 0.5) is 5.69 Å². The van der Waals surface area contributed by atoms with Crippen molar-refractivity contribution in [3.05, 3.63) is 74.8 Å². The maximum atomic E-state index is 10.8. The van der Waals surface area contributed by atoms with Crippen LogP contribution in [0.5, 0.6) is 0 Å². The van der Waals surface area contributed by atoms with E-state index in [0.717, 1.165) is 18.4 Å². The van der Waals surface area contributed by atoms with Crippen LogP contribution in [0.1, 0.15) is 17.5 Å². The Hall–Kier alpha value is -1.91. The van der Waals surface area contributed by atoms with Crippen molar-refractivity contribution in [3.63, 3.8) is 0 Å². The minimum absolute atomic E-state index is 0.0814. The Morgan fingerprint density at radius 2 is 1.86 bits per heavy atom. The Morgan fingerprint density at radius 3 is 2.57 bits per heavy atom. The van der Waals surface area contributed by atoms with Gasteiger partial charge >= 0.3 is 0 Å². The number of halogens is 1. The van der Waals surface area contributed by atoms with Gasteiger partial charge in [-0.15, -0.1) is 0 Å². The number of benzene rings is 2. The van der Waals surface area contributed by atoms with E-state index in [1.807, 2.05) is 18.2 Å². The van der Waals surface area contributed by atoms with Gasteiger partial charge in [0.15, 0.2) is 0 Å². The number of nitro benzene ring substituents is 1. The molecule has 2 aromatic carbocycles. The van der Waals surface area contributed by atoms with Crippen molar-refractivity contribution in [1.82, 2.24) is 0 Å². The van der Waals surface area contributed by atoms with E-state index in [1.165, 1.54) is 17.7 Å². The molecule has 0 radical (unpaired) electrons. The summed E-state index contributed by atoms with van der Waals surface area (Å²) in [5, 5.41) is 10.9. The second kappa shape index (κ2) is 7.76. The van der Waals surface area contributed by atoms with Crippen molar-refractivity contribution in [2.75, 3.05) is 6.61 Å². The van der Waals surface area contributed by atoms with Gasteiger partial charge in [0.2, 0.25) is 0 Å². The van der Waals surface area contributed by atoms with Crippen LogP contribution in [0.3, 0.4) is 0 Å². The van der Waals surface area contributed by atoms with E-state index in [0.29, 0.717) is 13.2 Å². The lowest BCUT2D eigenvalue weighted by Crippen LogP contribution is -1.98. The molecule has 5 heteroatoms. The molecule has 4 nitrogen and oxygen atoms in total. The number of rotatable bonds is 7. The number of hydrogen-bond acceptors (Lipinski definition) is 3. The summed E-state index contributed by atoms with van der Waals surface area (Å²) in [6, 6.07) is 14.9. The normalized spacial score (nSPS) is 10.5. The molecule has 0 saturated carbocycles. The van der Waals surface area contributed by atoms with Gasteiger partial charge in [-0.25, -0.2) is 0 Å². The molecule has 0 aliphatic heterocycles. The van der Waals surface area contributed by atoms with Crippen molar-refractivity contribution in [3.8, 4) is 0 Å². The Balaban J connectivity index is 1.76. The lowest BCUT2D eigenvalue weighted by molar-refractivity contribution is -0.384. The summed E-state index contributed by atoms with van der Waals surface area (Å²) in [7, 11) is 0. The molecule has 0 bridgehead atoms. The highest BCUT2D eigenvalue weighted by molar-refractivity contribution is 6.32. The third kappa shape index (κ3) is 4.85. The fourth-order valence-electron chi connectivity index (χ4n) is 2.00. The first-order valence-corrected chi connectivity index (χ1v) is 7.09. The molecular weight excluding hydrogens is 290 g/mol. The van der Waals surface area contributed by atoms with Crippen molar-refractivity contribution < 1.29 is 9.66 Å². The summed E-state index contributed by atoms with van der Waals surface area (Å²) in [5.74, 6) is 0. The fourth-order valence-corrected chi connectivity index (χ4v) is 2.19. The van der Waals surface area contributed by atoms with E-state index < -0.39 is 4.92 Å². The lowest BCUT2D eigenvalue weighted by Gasteiger charge is -2.05. The predicted octanol–water partition coefficient (Wildman–Crippen LogP) is 4.40. The molecule has 0 fully saturated rings. The van der Waals surface area contributed by atoms with Crippen molar-refractivity contribution >= 4 is 17.3 Å². The average molecular weight is 306 g/mol. The Labute approximate surface area is 128 Å². The number of ether oxygens (including phenoxy) is 1. The summed E-state index contributed by atoms with van der Waals surface area (Å²) >= 11 is 5.76. The topological polar surface area (TPSA) is 52.4 Å². The highest BCUT2D eigenvalue weighted by atomic mass is 35.5. The molecule has 2 rings (SSSR count). The van der Waals surface area contributed by atoms with E-state index in [2.05, 4.69) is 12.1 Å². The maximum Gasteiger partial charge on any atom is 0.288 e. The average Bonchev–Trinajstić information content (AvgIpc) is 2.49. The third-order valence-electron chi connectivity index (χ3n) is 3.07. The van der Waals surface area contributed by atoms with Gasteiger partial charge in [-0.2, -0.15) is 0 Å². The summed E-state index contributed by atoms with van der Waals surface area (Å²) < 4.78 is 5.55. The van der Waals surface area contributed by atoms with Crippen LogP contribution in [-0.2, 0) is 17.8 Å². The van der Waals surface area contributed by atoms with E-state index in [1.54, 1.807) is 6.07 Å². The van der Waals surface area contributed by atoms with Crippen LogP contribution >= 0.6 is 11.6 Å². The standard InChI is InChI=1S/C16H16ClNO3/c17-15-9-8-14(11-16(15)18(19)20)12-21-10-4-7-13-5-2-1-3-6-13/h1-3,5-6,8-9,11H,4,7,10,12H2. The number of nitro groups is 1. The summed E-state index contributed by atoms with van der Waals surface area (Å²) in [4.78, 5) is 10.3. The molecule has 110 valence electrons. The second-order valence-corrected chi connectivity index (χ2v) is 5.09. The van der Waals surface area contributed by atoms with Gasteiger partial charge in [0, 0.05) is 12.7 Å². The smallest absolute Gasteiger partial charge is 0.288 e. The summed E-state index contributed by atoms with van der Waals surface area (Å²) in [5.41, 5.74) is 1.95. The Bertz CT molecular complexity index is 602. The molecule has 0 spiro atoms. The van der Waals surface area contributed by atoms with Gasteiger partial charge in [0.1, 0.15) is 5.02 Å². The zero-order chi connectivity index (χ0) is 15.1. The number of hydrogen-bond donors (Lipinski definition) is 0. The van der Waals surface area contributed by atoms with Gasteiger partial charge in [0.25, 0.3) is 5.69 Å². The summed E-state index contributed by atoms with van der Waals surface area (Å²) in [6.45, 7) is 0.970. The SMILES string of the molecule is O=[N+]([O-])c1cc(COCCCc2ccccc2)ccc1Cl. The highest BCUT2D eigenvalue weighted by Gasteiger charge is 2.12. The minimum atomic E-state index is -0.485. The molecule has 0 aromatic heterocycles. The first-order chi connectivity index (χ1) is 10.2. The fraction of sp³-hybridized carbons (Fsp3) is 0.250. The van der Waals surface area contributed by atoms with Gasteiger partial charge in [-0.3, -0.25) is 10.1 Å². The molecule has 0 aliphatic carbocycles. The zero-order valence-electron chi connectivity index (χ0n) is 11.5. The Kier molecular flexibility index (Phi) is 5.72. The molecule has 0 amide bonds. The molecule has 0 heterocycles.